The molecule has 0 spiro atoms. The number of amides is 1. The maximum Gasteiger partial charge on any atom is 0.284 e. The van der Waals surface area contributed by atoms with Crippen LogP contribution in [-0.2, 0) is 4.79 Å². The fraction of sp³-hybridized carbons (Fsp3) is 0.118. The number of fused-ring (bicyclic) bond motifs is 1. The van der Waals surface area contributed by atoms with Gasteiger partial charge in [0, 0.05) is 15.3 Å². The summed E-state index contributed by atoms with van der Waals surface area (Å²) in [5.74, 6) is 0.549. The van der Waals surface area contributed by atoms with Gasteiger partial charge in [0.15, 0.2) is 5.78 Å². The molecule has 4 nitrogen and oxygen atoms in total. The third-order valence-electron chi connectivity index (χ3n) is 3.39. The number of halogens is 1. The van der Waals surface area contributed by atoms with Gasteiger partial charge in [-0.2, -0.15) is 0 Å². The Labute approximate surface area is 145 Å². The van der Waals surface area contributed by atoms with Crippen LogP contribution in [0.3, 0.4) is 0 Å². The van der Waals surface area contributed by atoms with Crippen LogP contribution >= 0.6 is 27.7 Å². The van der Waals surface area contributed by atoms with Gasteiger partial charge in [0.25, 0.3) is 5.91 Å². The first-order valence-corrected chi connectivity index (χ1v) is 8.60. The summed E-state index contributed by atoms with van der Waals surface area (Å²) in [5, 5.41) is 1.41. The third-order valence-corrected chi connectivity index (χ3v) is 5.13. The summed E-state index contributed by atoms with van der Waals surface area (Å²) in [5.41, 5.74) is 0.591. The van der Waals surface area contributed by atoms with E-state index in [4.69, 9.17) is 4.74 Å². The Kier molecular flexibility index (Phi) is 4.63. The second-order valence-corrected chi connectivity index (χ2v) is 6.66. The van der Waals surface area contributed by atoms with Crippen LogP contribution in [0.15, 0.2) is 51.9 Å². The van der Waals surface area contributed by atoms with Crippen molar-refractivity contribution >= 4 is 44.3 Å². The van der Waals surface area contributed by atoms with Crippen LogP contribution in [-0.4, -0.2) is 24.6 Å². The molecular weight excluding hydrogens is 378 g/mol. The minimum absolute atomic E-state index is 0.0431. The van der Waals surface area contributed by atoms with Crippen molar-refractivity contribution in [1.29, 1.82) is 0 Å². The van der Waals surface area contributed by atoms with E-state index in [1.54, 1.807) is 37.4 Å². The molecule has 1 amide bonds. The second-order valence-electron chi connectivity index (χ2n) is 4.82. The minimum Gasteiger partial charge on any atom is -0.497 e. The number of rotatable bonds is 5. The molecule has 1 aliphatic heterocycles. The van der Waals surface area contributed by atoms with Gasteiger partial charge in [-0.25, -0.2) is 4.99 Å². The highest BCUT2D eigenvalue weighted by molar-refractivity contribution is 9.10. The quantitative estimate of drug-likeness (QED) is 0.736. The summed E-state index contributed by atoms with van der Waals surface area (Å²) in [4.78, 5) is 28.8. The van der Waals surface area contributed by atoms with E-state index in [1.165, 1.54) is 11.8 Å². The highest BCUT2D eigenvalue weighted by Gasteiger charge is 2.20. The summed E-state index contributed by atoms with van der Waals surface area (Å²) < 4.78 is 5.88. The van der Waals surface area contributed by atoms with E-state index in [9.17, 15) is 9.59 Å². The number of hydrogen-bond acceptors (Lipinski definition) is 4. The number of ether oxygens (including phenoxy) is 1. The number of methoxy groups -OCH3 is 1. The zero-order valence-corrected chi connectivity index (χ0v) is 14.6. The molecule has 3 rings (SSSR count). The topological polar surface area (TPSA) is 55.7 Å². The lowest BCUT2D eigenvalue weighted by Gasteiger charge is -2.03. The molecule has 0 atom stereocenters. The Morgan fingerprint density at radius 2 is 1.96 bits per heavy atom. The summed E-state index contributed by atoms with van der Waals surface area (Å²) in [6.45, 7) is 0. The van der Waals surface area contributed by atoms with Crippen molar-refractivity contribution in [2.45, 2.75) is 0 Å². The van der Waals surface area contributed by atoms with E-state index >= 15 is 0 Å². The van der Waals surface area contributed by atoms with E-state index in [1.807, 2.05) is 12.1 Å². The van der Waals surface area contributed by atoms with E-state index < -0.39 is 0 Å². The average molecular weight is 390 g/mol. The van der Waals surface area contributed by atoms with Crippen LogP contribution in [0.5, 0.6) is 5.75 Å². The molecule has 0 unspecified atom stereocenters. The van der Waals surface area contributed by atoms with Gasteiger partial charge in [0.2, 0.25) is 0 Å². The van der Waals surface area contributed by atoms with Gasteiger partial charge in [-0.15, -0.1) is 11.8 Å². The van der Waals surface area contributed by atoms with E-state index in [2.05, 4.69) is 20.9 Å². The molecule has 116 valence electrons. The summed E-state index contributed by atoms with van der Waals surface area (Å²) in [7, 11) is 1.58. The van der Waals surface area contributed by atoms with Crippen molar-refractivity contribution in [2.75, 3.05) is 12.9 Å². The van der Waals surface area contributed by atoms with Crippen LogP contribution in [0.25, 0.3) is 4.91 Å². The molecule has 0 N–H and O–H groups in total. The molecule has 1 aliphatic rings. The van der Waals surface area contributed by atoms with Crippen molar-refractivity contribution in [3.63, 3.8) is 0 Å². The Bertz CT molecular complexity index is 906. The average Bonchev–Trinajstić information content (AvgIpc) is 2.89. The first-order valence-electron chi connectivity index (χ1n) is 6.82. The Hall–Kier alpha value is -1.92. The Morgan fingerprint density at radius 3 is 2.65 bits per heavy atom. The predicted molar refractivity (Wildman–Crippen MR) is 93.1 cm³/mol. The van der Waals surface area contributed by atoms with Gasteiger partial charge in [-0.1, -0.05) is 22.0 Å². The SMILES string of the molecule is COc1ccc(C(=O)CSC2=c3c(Br)cccc3=NC2=O)cc1. The van der Waals surface area contributed by atoms with Gasteiger partial charge in [-0.05, 0) is 36.4 Å². The van der Waals surface area contributed by atoms with E-state index in [0.29, 0.717) is 21.6 Å². The van der Waals surface area contributed by atoms with Gasteiger partial charge >= 0.3 is 0 Å². The van der Waals surface area contributed by atoms with Crippen LogP contribution in [0, 0.1) is 0 Å². The third kappa shape index (κ3) is 3.23. The molecule has 2 aromatic carbocycles. The number of nitrogens with zero attached hydrogens (tertiary/aromatic N) is 1. The summed E-state index contributed by atoms with van der Waals surface area (Å²) >= 11 is 4.66. The second kappa shape index (κ2) is 6.68. The standard InChI is InChI=1S/C17H12BrNO3S/c1-22-11-7-5-10(6-8-11)14(20)9-23-16-15-12(18)3-2-4-13(15)19-17(16)21/h2-8H,9H2,1H3. The lowest BCUT2D eigenvalue weighted by atomic mass is 10.1. The van der Waals surface area contributed by atoms with Crippen LogP contribution < -0.4 is 15.3 Å². The highest BCUT2D eigenvalue weighted by Crippen LogP contribution is 2.22. The molecule has 23 heavy (non-hydrogen) atoms. The molecule has 0 aromatic heterocycles. The maximum absolute atomic E-state index is 12.3. The number of Topliss-reactive ketones (excluding diaryl/α,β-unsaturated/α-hetero) is 1. The van der Waals surface area contributed by atoms with E-state index in [0.717, 1.165) is 9.69 Å². The number of ketones is 1. The van der Waals surface area contributed by atoms with E-state index in [-0.39, 0.29) is 17.4 Å². The van der Waals surface area contributed by atoms with Crippen molar-refractivity contribution in [1.82, 2.24) is 0 Å². The van der Waals surface area contributed by atoms with Crippen molar-refractivity contribution < 1.29 is 14.3 Å². The summed E-state index contributed by atoms with van der Waals surface area (Å²) in [6, 6.07) is 12.4. The number of carbonyl (C=O) groups excluding carboxylic acids is 2. The number of carbonyl (C=O) groups is 2. The van der Waals surface area contributed by atoms with Gasteiger partial charge in [-0.3, -0.25) is 9.59 Å². The minimum atomic E-state index is -0.292. The molecule has 0 aliphatic carbocycles. The molecule has 2 aromatic rings. The normalized spacial score (nSPS) is 12.8. The molecule has 0 saturated carbocycles. The molecule has 0 saturated heterocycles. The Balaban J connectivity index is 1.82. The van der Waals surface area contributed by atoms with Crippen molar-refractivity contribution in [3.8, 4) is 5.75 Å². The molecule has 0 fully saturated rings. The van der Waals surface area contributed by atoms with Crippen LogP contribution in [0.4, 0.5) is 0 Å². The summed E-state index contributed by atoms with van der Waals surface area (Å²) in [6.07, 6.45) is 0. The smallest absolute Gasteiger partial charge is 0.284 e. The largest absolute Gasteiger partial charge is 0.497 e. The molecule has 0 radical (unpaired) electrons. The number of benzene rings is 2. The first-order chi connectivity index (χ1) is 11.1. The fourth-order valence-corrected chi connectivity index (χ4v) is 3.88. The molecule has 6 heteroatoms. The fourth-order valence-electron chi connectivity index (χ4n) is 2.23. The van der Waals surface area contributed by atoms with Crippen LogP contribution in [0.2, 0.25) is 0 Å². The van der Waals surface area contributed by atoms with Gasteiger partial charge < -0.3 is 4.74 Å². The lowest BCUT2D eigenvalue weighted by molar-refractivity contribution is -0.112. The van der Waals surface area contributed by atoms with Gasteiger partial charge in [0.1, 0.15) is 5.75 Å². The zero-order valence-electron chi connectivity index (χ0n) is 12.2. The van der Waals surface area contributed by atoms with Gasteiger partial charge in [0.05, 0.1) is 23.1 Å². The van der Waals surface area contributed by atoms with Crippen molar-refractivity contribution in [2.24, 2.45) is 4.99 Å². The first kappa shape index (κ1) is 16.0. The molecular formula is C17H12BrNO3S. The predicted octanol–water partition coefficient (Wildman–Crippen LogP) is 2.34. The molecule has 0 bridgehead atoms. The maximum atomic E-state index is 12.3. The lowest BCUT2D eigenvalue weighted by Crippen LogP contribution is -2.23. The number of hydrogen-bond donors (Lipinski definition) is 0. The molecule has 1 heterocycles. The Morgan fingerprint density at radius 1 is 1.22 bits per heavy atom. The zero-order chi connectivity index (χ0) is 16.4. The van der Waals surface area contributed by atoms with Crippen molar-refractivity contribution in [3.05, 3.63) is 63.1 Å². The monoisotopic (exact) mass is 389 g/mol. The number of thioether (sulfide) groups is 1. The van der Waals surface area contributed by atoms with Crippen LogP contribution in [0.1, 0.15) is 10.4 Å². The highest BCUT2D eigenvalue weighted by atomic mass is 79.9.